The lowest BCUT2D eigenvalue weighted by molar-refractivity contribution is 0.0854. The molecule has 1 aromatic heterocycles. The summed E-state index contributed by atoms with van der Waals surface area (Å²) in [6.45, 7) is 2.10. The quantitative estimate of drug-likeness (QED) is 0.809. The van der Waals surface area contributed by atoms with Gasteiger partial charge >= 0.3 is 0 Å². The first kappa shape index (κ1) is 13.5. The minimum atomic E-state index is -0.0890. The van der Waals surface area contributed by atoms with E-state index in [1.54, 1.807) is 7.11 Å². The van der Waals surface area contributed by atoms with Crippen molar-refractivity contribution in [1.29, 1.82) is 0 Å². The van der Waals surface area contributed by atoms with Gasteiger partial charge < -0.3 is 15.0 Å². The fourth-order valence-corrected chi connectivity index (χ4v) is 1.90. The third-order valence-corrected chi connectivity index (χ3v) is 2.94. The summed E-state index contributed by atoms with van der Waals surface area (Å²) in [5.74, 6) is 1.22. The zero-order valence-electron chi connectivity index (χ0n) is 11.3. The number of aromatic nitrogens is 2. The van der Waals surface area contributed by atoms with Crippen molar-refractivity contribution in [2.75, 3.05) is 12.8 Å². The van der Waals surface area contributed by atoms with E-state index >= 15 is 0 Å². The maximum Gasteiger partial charge on any atom is 0.231 e. The molecule has 2 N–H and O–H groups in total. The lowest BCUT2D eigenvalue weighted by Gasteiger charge is -2.08. The molecule has 0 aliphatic carbocycles. The number of nitrogen functional groups attached to an aromatic ring is 1. The Morgan fingerprint density at radius 1 is 1.32 bits per heavy atom. The third-order valence-electron chi connectivity index (χ3n) is 2.94. The van der Waals surface area contributed by atoms with E-state index in [0.29, 0.717) is 18.1 Å². The number of rotatable bonds is 6. The Labute approximate surface area is 112 Å². The number of benzene rings is 1. The van der Waals surface area contributed by atoms with Crippen LogP contribution < -0.4 is 5.73 Å². The van der Waals surface area contributed by atoms with Gasteiger partial charge in [0.2, 0.25) is 11.7 Å². The van der Waals surface area contributed by atoms with Gasteiger partial charge in [-0.2, -0.15) is 4.98 Å². The van der Waals surface area contributed by atoms with Crippen LogP contribution in [0.4, 0.5) is 5.69 Å². The molecule has 2 rings (SSSR count). The summed E-state index contributed by atoms with van der Waals surface area (Å²) in [4.78, 5) is 4.38. The van der Waals surface area contributed by atoms with E-state index in [0.717, 1.165) is 24.1 Å². The largest absolute Gasteiger partial charge is 0.399 e. The molecule has 1 heterocycles. The van der Waals surface area contributed by atoms with Crippen molar-refractivity contribution in [1.82, 2.24) is 10.1 Å². The van der Waals surface area contributed by atoms with Crippen molar-refractivity contribution >= 4 is 5.69 Å². The van der Waals surface area contributed by atoms with Crippen molar-refractivity contribution < 1.29 is 9.26 Å². The van der Waals surface area contributed by atoms with Gasteiger partial charge in [-0.25, -0.2) is 0 Å². The first-order valence-electron chi connectivity index (χ1n) is 6.42. The van der Waals surface area contributed by atoms with Crippen LogP contribution in [0, 0.1) is 0 Å². The standard InChI is InChI=1S/C14H19N3O2/c1-3-4-12(18-2)14-16-13(19-17-14)9-10-5-7-11(15)8-6-10/h5-8,12H,3-4,9,15H2,1-2H3. The molecule has 0 fully saturated rings. The lowest BCUT2D eigenvalue weighted by Crippen LogP contribution is -2.03. The van der Waals surface area contributed by atoms with E-state index in [4.69, 9.17) is 15.0 Å². The van der Waals surface area contributed by atoms with Crippen LogP contribution in [0.5, 0.6) is 0 Å². The van der Waals surface area contributed by atoms with Gasteiger partial charge in [-0.15, -0.1) is 0 Å². The normalized spacial score (nSPS) is 12.5. The van der Waals surface area contributed by atoms with Gasteiger partial charge in [0, 0.05) is 12.8 Å². The molecule has 0 amide bonds. The van der Waals surface area contributed by atoms with Crippen molar-refractivity contribution in [2.45, 2.75) is 32.3 Å². The molecule has 0 aliphatic heterocycles. The first-order chi connectivity index (χ1) is 9.22. The second-order valence-corrected chi connectivity index (χ2v) is 4.48. The summed E-state index contributed by atoms with van der Waals surface area (Å²) >= 11 is 0. The van der Waals surface area contributed by atoms with Crippen LogP contribution in [0.15, 0.2) is 28.8 Å². The second kappa shape index (κ2) is 6.33. The highest BCUT2D eigenvalue weighted by molar-refractivity contribution is 5.39. The predicted molar refractivity (Wildman–Crippen MR) is 72.6 cm³/mol. The Hall–Kier alpha value is -1.88. The first-order valence-corrected chi connectivity index (χ1v) is 6.42. The van der Waals surface area contributed by atoms with Crippen LogP contribution in [0.25, 0.3) is 0 Å². The van der Waals surface area contributed by atoms with Crippen LogP contribution >= 0.6 is 0 Å². The predicted octanol–water partition coefficient (Wildman–Crippen LogP) is 2.73. The maximum atomic E-state index is 5.65. The van der Waals surface area contributed by atoms with Gasteiger partial charge in [-0.1, -0.05) is 30.6 Å². The minimum absolute atomic E-state index is 0.0890. The van der Waals surface area contributed by atoms with Gasteiger partial charge in [0.1, 0.15) is 6.10 Å². The zero-order valence-corrected chi connectivity index (χ0v) is 11.3. The molecule has 1 unspecified atom stereocenters. The average Bonchev–Trinajstić information content (AvgIpc) is 2.87. The van der Waals surface area contributed by atoms with Crippen molar-refractivity contribution in [3.63, 3.8) is 0 Å². The summed E-state index contributed by atoms with van der Waals surface area (Å²) in [5, 5.41) is 3.98. The Kier molecular flexibility index (Phi) is 4.52. The summed E-state index contributed by atoms with van der Waals surface area (Å²) in [5.41, 5.74) is 7.49. The Morgan fingerprint density at radius 2 is 2.05 bits per heavy atom. The minimum Gasteiger partial charge on any atom is -0.399 e. The van der Waals surface area contributed by atoms with Crippen molar-refractivity contribution in [3.05, 3.63) is 41.5 Å². The number of anilines is 1. The Morgan fingerprint density at radius 3 is 2.68 bits per heavy atom. The van der Waals surface area contributed by atoms with Gasteiger partial charge in [-0.05, 0) is 24.1 Å². The number of methoxy groups -OCH3 is 1. The molecule has 0 saturated carbocycles. The van der Waals surface area contributed by atoms with Crippen LogP contribution in [-0.2, 0) is 11.2 Å². The summed E-state index contributed by atoms with van der Waals surface area (Å²) in [6.07, 6.45) is 2.42. The number of nitrogens with zero attached hydrogens (tertiary/aromatic N) is 2. The highest BCUT2D eigenvalue weighted by Gasteiger charge is 2.16. The number of hydrogen-bond acceptors (Lipinski definition) is 5. The van der Waals surface area contributed by atoms with Gasteiger partial charge in [-0.3, -0.25) is 0 Å². The number of ether oxygens (including phenoxy) is 1. The number of nitrogens with two attached hydrogens (primary N) is 1. The van der Waals surface area contributed by atoms with Gasteiger partial charge in [0.15, 0.2) is 0 Å². The van der Waals surface area contributed by atoms with Crippen LogP contribution in [0.2, 0.25) is 0 Å². The molecule has 0 spiro atoms. The molecule has 0 radical (unpaired) electrons. The maximum absolute atomic E-state index is 5.65. The summed E-state index contributed by atoms with van der Waals surface area (Å²) in [7, 11) is 1.66. The fourth-order valence-electron chi connectivity index (χ4n) is 1.90. The fraction of sp³-hybridized carbons (Fsp3) is 0.429. The van der Waals surface area contributed by atoms with Crippen molar-refractivity contribution in [2.24, 2.45) is 0 Å². The molecule has 0 aliphatic rings. The van der Waals surface area contributed by atoms with Gasteiger partial charge in [0.05, 0.1) is 6.42 Å². The summed E-state index contributed by atoms with van der Waals surface area (Å²) in [6, 6.07) is 7.64. The Bertz CT molecular complexity index is 508. The SMILES string of the molecule is CCCC(OC)c1noc(Cc2ccc(N)cc2)n1. The molecule has 19 heavy (non-hydrogen) atoms. The topological polar surface area (TPSA) is 74.2 Å². The van der Waals surface area contributed by atoms with E-state index in [1.165, 1.54) is 0 Å². The van der Waals surface area contributed by atoms with Crippen LogP contribution in [0.1, 0.15) is 43.1 Å². The third kappa shape index (κ3) is 3.54. The molecular formula is C14H19N3O2. The molecule has 5 nitrogen and oxygen atoms in total. The molecular weight excluding hydrogens is 242 g/mol. The average molecular weight is 261 g/mol. The molecule has 0 bridgehead atoms. The van der Waals surface area contributed by atoms with Crippen LogP contribution in [-0.4, -0.2) is 17.3 Å². The molecule has 1 atom stereocenters. The molecule has 102 valence electrons. The summed E-state index contributed by atoms with van der Waals surface area (Å²) < 4.78 is 10.6. The second-order valence-electron chi connectivity index (χ2n) is 4.48. The Balaban J connectivity index is 2.06. The monoisotopic (exact) mass is 261 g/mol. The van der Waals surface area contributed by atoms with E-state index in [9.17, 15) is 0 Å². The molecule has 1 aromatic carbocycles. The molecule has 2 aromatic rings. The number of hydrogen-bond donors (Lipinski definition) is 1. The van der Waals surface area contributed by atoms with Crippen molar-refractivity contribution in [3.8, 4) is 0 Å². The molecule has 5 heteroatoms. The highest BCUT2D eigenvalue weighted by atomic mass is 16.5. The molecule has 0 saturated heterocycles. The lowest BCUT2D eigenvalue weighted by atomic mass is 10.1. The zero-order chi connectivity index (χ0) is 13.7. The van der Waals surface area contributed by atoms with E-state index < -0.39 is 0 Å². The highest BCUT2D eigenvalue weighted by Crippen LogP contribution is 2.19. The van der Waals surface area contributed by atoms with E-state index in [2.05, 4.69) is 17.1 Å². The van der Waals surface area contributed by atoms with Gasteiger partial charge in [0.25, 0.3) is 0 Å². The smallest absolute Gasteiger partial charge is 0.231 e. The van der Waals surface area contributed by atoms with E-state index in [1.807, 2.05) is 24.3 Å². The van der Waals surface area contributed by atoms with Crippen LogP contribution in [0.3, 0.4) is 0 Å². The van der Waals surface area contributed by atoms with E-state index in [-0.39, 0.29) is 6.10 Å².